The van der Waals surface area contributed by atoms with Crippen molar-refractivity contribution in [1.29, 1.82) is 0 Å². The van der Waals surface area contributed by atoms with Gasteiger partial charge in [0.1, 0.15) is 0 Å². The Morgan fingerprint density at radius 2 is 1.78 bits per heavy atom. The molecule has 0 saturated heterocycles. The highest BCUT2D eigenvalue weighted by molar-refractivity contribution is 5.41. The van der Waals surface area contributed by atoms with Gasteiger partial charge >= 0.3 is 0 Å². The van der Waals surface area contributed by atoms with Crippen molar-refractivity contribution in [3.8, 4) is 0 Å². The first-order valence-corrected chi connectivity index (χ1v) is 7.00. The Hall–Kier alpha value is -0.380. The normalized spacial score (nSPS) is 49.7. The molecule has 0 aromatic heterocycles. The average Bonchev–Trinajstić information content (AvgIpc) is 2.60. The third kappa shape index (κ3) is 1.41. The molecule has 18 heavy (non-hydrogen) atoms. The Bertz CT molecular complexity index is 412. The Morgan fingerprint density at radius 1 is 1.11 bits per heavy atom. The van der Waals surface area contributed by atoms with Crippen molar-refractivity contribution in [2.24, 2.45) is 22.7 Å². The highest BCUT2D eigenvalue weighted by atomic mass is 16.3. The number of hydrogen-bond acceptors (Lipinski definition) is 3. The van der Waals surface area contributed by atoms with Crippen LogP contribution in [0.3, 0.4) is 0 Å². The molecule has 3 nitrogen and oxygen atoms in total. The second-order valence-corrected chi connectivity index (χ2v) is 7.52. The zero-order valence-corrected chi connectivity index (χ0v) is 11.5. The first-order valence-electron chi connectivity index (χ1n) is 7.00. The van der Waals surface area contributed by atoms with Crippen molar-refractivity contribution in [2.45, 2.75) is 52.2 Å². The van der Waals surface area contributed by atoms with Crippen LogP contribution >= 0.6 is 0 Å². The summed E-state index contributed by atoms with van der Waals surface area (Å²) in [5.74, 6) is 0.708. The molecule has 3 heteroatoms. The van der Waals surface area contributed by atoms with Gasteiger partial charge in [-0.05, 0) is 53.1 Å². The largest absolute Gasteiger partial charge is 0.392 e. The van der Waals surface area contributed by atoms with Gasteiger partial charge in [-0.1, -0.05) is 20.8 Å². The van der Waals surface area contributed by atoms with Gasteiger partial charge in [0, 0.05) is 0 Å². The zero-order valence-electron chi connectivity index (χ0n) is 11.5. The van der Waals surface area contributed by atoms with E-state index in [4.69, 9.17) is 0 Å². The molecule has 0 aromatic carbocycles. The summed E-state index contributed by atoms with van der Waals surface area (Å²) in [5, 5.41) is 30.0. The Labute approximate surface area is 109 Å². The van der Waals surface area contributed by atoms with Gasteiger partial charge in [0.25, 0.3) is 0 Å². The first-order chi connectivity index (χ1) is 8.30. The fourth-order valence-corrected chi connectivity index (χ4v) is 5.03. The minimum absolute atomic E-state index is 0.00907. The van der Waals surface area contributed by atoms with Crippen LogP contribution < -0.4 is 0 Å². The summed E-state index contributed by atoms with van der Waals surface area (Å²) in [4.78, 5) is 0. The zero-order chi connectivity index (χ0) is 13.3. The van der Waals surface area contributed by atoms with Crippen molar-refractivity contribution < 1.29 is 15.3 Å². The minimum Gasteiger partial charge on any atom is -0.392 e. The van der Waals surface area contributed by atoms with Gasteiger partial charge in [0.2, 0.25) is 0 Å². The number of aliphatic hydroxyl groups excluding tert-OH is 3. The molecule has 0 aromatic rings. The van der Waals surface area contributed by atoms with Gasteiger partial charge in [0.05, 0.1) is 18.8 Å². The lowest BCUT2D eigenvalue weighted by Gasteiger charge is -2.57. The lowest BCUT2D eigenvalue weighted by molar-refractivity contribution is -0.0451. The van der Waals surface area contributed by atoms with E-state index in [0.717, 1.165) is 24.8 Å². The van der Waals surface area contributed by atoms with Crippen LogP contribution in [0, 0.1) is 22.7 Å². The number of fused-ring (bicyclic) bond motifs is 3. The van der Waals surface area contributed by atoms with E-state index in [1.54, 1.807) is 0 Å². The molecule has 0 aliphatic heterocycles. The third-order valence-electron chi connectivity index (χ3n) is 5.74. The second kappa shape index (κ2) is 3.59. The van der Waals surface area contributed by atoms with E-state index in [2.05, 4.69) is 20.8 Å². The van der Waals surface area contributed by atoms with Crippen LogP contribution in [0.25, 0.3) is 0 Å². The monoisotopic (exact) mass is 252 g/mol. The van der Waals surface area contributed by atoms with Gasteiger partial charge in [-0.25, -0.2) is 0 Å². The van der Waals surface area contributed by atoms with E-state index >= 15 is 0 Å². The maximum atomic E-state index is 10.5. The molecule has 0 bridgehead atoms. The van der Waals surface area contributed by atoms with E-state index in [9.17, 15) is 15.3 Å². The Kier molecular flexibility index (Phi) is 2.52. The molecule has 0 spiro atoms. The Balaban J connectivity index is 2.05. The summed E-state index contributed by atoms with van der Waals surface area (Å²) in [6, 6.07) is 0. The minimum atomic E-state index is -0.556. The van der Waals surface area contributed by atoms with Crippen LogP contribution in [-0.4, -0.2) is 34.1 Å². The number of aliphatic hydroxyl groups is 3. The van der Waals surface area contributed by atoms with Gasteiger partial charge in [-0.2, -0.15) is 0 Å². The molecule has 2 saturated carbocycles. The van der Waals surface area contributed by atoms with E-state index in [1.807, 2.05) is 0 Å². The molecule has 5 atom stereocenters. The quantitative estimate of drug-likeness (QED) is 0.619. The van der Waals surface area contributed by atoms with Crippen LogP contribution in [-0.2, 0) is 0 Å². The number of hydrogen-bond donors (Lipinski definition) is 3. The lowest BCUT2D eigenvalue weighted by atomic mass is 9.49. The van der Waals surface area contributed by atoms with Crippen LogP contribution in [0.1, 0.15) is 40.0 Å². The lowest BCUT2D eigenvalue weighted by Crippen LogP contribution is -2.55. The topological polar surface area (TPSA) is 60.7 Å². The van der Waals surface area contributed by atoms with Crippen molar-refractivity contribution >= 4 is 0 Å². The summed E-state index contributed by atoms with van der Waals surface area (Å²) in [7, 11) is 0. The van der Waals surface area contributed by atoms with Gasteiger partial charge in [-0.15, -0.1) is 0 Å². The van der Waals surface area contributed by atoms with E-state index in [0.29, 0.717) is 11.5 Å². The molecule has 0 radical (unpaired) electrons. The molecule has 0 amide bonds. The predicted octanol–water partition coefficient (Wildman–Crippen LogP) is 1.47. The molecule has 0 heterocycles. The summed E-state index contributed by atoms with van der Waals surface area (Å²) in [6.07, 6.45) is 1.91. The SMILES string of the molecule is CC1(C)CC2C(O)C(CO)=C3C(O)CC3(C)C2C1. The van der Waals surface area contributed by atoms with Gasteiger partial charge in [0.15, 0.2) is 0 Å². The van der Waals surface area contributed by atoms with Crippen LogP contribution in [0.2, 0.25) is 0 Å². The molecular formula is C15H24O3. The van der Waals surface area contributed by atoms with E-state index < -0.39 is 12.2 Å². The van der Waals surface area contributed by atoms with Gasteiger partial charge < -0.3 is 15.3 Å². The molecule has 3 aliphatic rings. The summed E-state index contributed by atoms with van der Waals surface area (Å²) in [6.45, 7) is 6.60. The molecule has 5 unspecified atom stereocenters. The number of rotatable bonds is 1. The van der Waals surface area contributed by atoms with Crippen molar-refractivity contribution in [2.75, 3.05) is 6.61 Å². The second-order valence-electron chi connectivity index (χ2n) is 7.52. The summed E-state index contributed by atoms with van der Waals surface area (Å²) < 4.78 is 0. The van der Waals surface area contributed by atoms with Crippen molar-refractivity contribution in [1.82, 2.24) is 0 Å². The van der Waals surface area contributed by atoms with E-state index in [-0.39, 0.29) is 23.4 Å². The fraction of sp³-hybridized carbons (Fsp3) is 0.867. The smallest absolute Gasteiger partial charge is 0.0807 e. The summed E-state index contributed by atoms with van der Waals surface area (Å²) >= 11 is 0. The fourth-order valence-electron chi connectivity index (χ4n) is 5.03. The Morgan fingerprint density at radius 3 is 2.33 bits per heavy atom. The van der Waals surface area contributed by atoms with Crippen LogP contribution in [0.5, 0.6) is 0 Å². The van der Waals surface area contributed by atoms with Crippen molar-refractivity contribution in [3.05, 3.63) is 11.1 Å². The molecule has 102 valence electrons. The molecule has 2 fully saturated rings. The van der Waals surface area contributed by atoms with Crippen molar-refractivity contribution in [3.63, 3.8) is 0 Å². The van der Waals surface area contributed by atoms with Crippen LogP contribution in [0.15, 0.2) is 11.1 Å². The van der Waals surface area contributed by atoms with E-state index in [1.165, 1.54) is 0 Å². The van der Waals surface area contributed by atoms with Gasteiger partial charge in [-0.3, -0.25) is 0 Å². The standard InChI is InChI=1S/C15H24O3/c1-14(2)4-8-10(5-14)15(3)6-11(17)12(15)9(7-16)13(8)18/h8,10-11,13,16-18H,4-7H2,1-3H3. The third-order valence-corrected chi connectivity index (χ3v) is 5.74. The molecular weight excluding hydrogens is 228 g/mol. The van der Waals surface area contributed by atoms with Crippen LogP contribution in [0.4, 0.5) is 0 Å². The molecule has 3 rings (SSSR count). The first kappa shape index (κ1) is 12.6. The predicted molar refractivity (Wildman–Crippen MR) is 68.8 cm³/mol. The maximum Gasteiger partial charge on any atom is 0.0807 e. The highest BCUT2D eigenvalue weighted by Crippen LogP contribution is 2.66. The average molecular weight is 252 g/mol. The molecule has 3 N–H and O–H groups in total. The maximum absolute atomic E-state index is 10.5. The summed E-state index contributed by atoms with van der Waals surface area (Å²) in [5.41, 5.74) is 1.91. The molecule has 3 aliphatic carbocycles. The highest BCUT2D eigenvalue weighted by Gasteiger charge is 2.61.